The highest BCUT2D eigenvalue weighted by molar-refractivity contribution is 5.76. The van der Waals surface area contributed by atoms with Gasteiger partial charge >= 0.3 is 0 Å². The van der Waals surface area contributed by atoms with Gasteiger partial charge < -0.3 is 0 Å². The normalized spacial score (nSPS) is 10.8. The molecule has 1 heteroatoms. The van der Waals surface area contributed by atoms with E-state index in [4.69, 9.17) is 0 Å². The van der Waals surface area contributed by atoms with Crippen LogP contribution < -0.4 is 0 Å². The van der Waals surface area contributed by atoms with Gasteiger partial charge in [0.25, 0.3) is 0 Å². The average Bonchev–Trinajstić information content (AvgIpc) is 2.02. The number of unbranched alkanes of at least 4 members (excludes halogenated alkanes) is 4. The molecule has 1 nitrogen and oxygen atoms in total. The van der Waals surface area contributed by atoms with Crippen molar-refractivity contribution >= 4 is 5.78 Å². The Labute approximate surface area is 75.9 Å². The number of ketones is 1. The van der Waals surface area contributed by atoms with Crippen molar-refractivity contribution in [1.82, 2.24) is 0 Å². The third-order valence-electron chi connectivity index (χ3n) is 1.80. The summed E-state index contributed by atoms with van der Waals surface area (Å²) in [7, 11) is 0. The van der Waals surface area contributed by atoms with Gasteiger partial charge in [0, 0.05) is 6.42 Å². The maximum absolute atomic E-state index is 10.5. The van der Waals surface area contributed by atoms with Crippen LogP contribution in [0.4, 0.5) is 0 Å². The minimum absolute atomic E-state index is 0.250. The van der Waals surface area contributed by atoms with Gasteiger partial charge in [-0.25, -0.2) is 0 Å². The van der Waals surface area contributed by atoms with Crippen LogP contribution in [0.3, 0.4) is 0 Å². The SMILES string of the molecule is CCCCCC/C=C/CC(C)=O. The monoisotopic (exact) mass is 168 g/mol. The molecular formula is C11H20O. The maximum atomic E-state index is 10.5. The van der Waals surface area contributed by atoms with Crippen LogP contribution in [0.5, 0.6) is 0 Å². The molecule has 0 amide bonds. The molecule has 70 valence electrons. The van der Waals surface area contributed by atoms with Crippen molar-refractivity contribution in [3.63, 3.8) is 0 Å². The first-order chi connectivity index (χ1) is 5.77. The second kappa shape index (κ2) is 8.51. The molecule has 0 bridgehead atoms. The first-order valence-electron chi connectivity index (χ1n) is 4.91. The van der Waals surface area contributed by atoms with Gasteiger partial charge in [-0.15, -0.1) is 0 Å². The lowest BCUT2D eigenvalue weighted by atomic mass is 10.1. The molecular weight excluding hydrogens is 148 g/mol. The summed E-state index contributed by atoms with van der Waals surface area (Å²) < 4.78 is 0. The summed E-state index contributed by atoms with van der Waals surface area (Å²) in [6.45, 7) is 3.84. The zero-order valence-corrected chi connectivity index (χ0v) is 8.31. The van der Waals surface area contributed by atoms with Gasteiger partial charge in [0.2, 0.25) is 0 Å². The highest BCUT2D eigenvalue weighted by atomic mass is 16.1. The Morgan fingerprint density at radius 1 is 1.17 bits per heavy atom. The highest BCUT2D eigenvalue weighted by Crippen LogP contribution is 2.03. The Morgan fingerprint density at radius 2 is 1.92 bits per heavy atom. The molecule has 12 heavy (non-hydrogen) atoms. The number of carbonyl (C=O) groups is 1. The van der Waals surface area contributed by atoms with Crippen LogP contribution >= 0.6 is 0 Å². The standard InChI is InChI=1S/C11H20O/c1-3-4-5-6-7-8-9-10-11(2)12/h8-9H,3-7,10H2,1-2H3/b9-8+. The molecule has 0 N–H and O–H groups in total. The molecule has 0 heterocycles. The zero-order valence-electron chi connectivity index (χ0n) is 8.31. The van der Waals surface area contributed by atoms with Crippen LogP contribution in [0.15, 0.2) is 12.2 Å². The molecule has 0 spiro atoms. The Balaban J connectivity index is 3.08. The summed E-state index contributed by atoms with van der Waals surface area (Å²) in [6, 6.07) is 0. The number of allylic oxidation sites excluding steroid dienone is 2. The molecule has 0 aliphatic heterocycles. The minimum atomic E-state index is 0.250. The molecule has 0 aromatic heterocycles. The Hall–Kier alpha value is -0.590. The number of carbonyl (C=O) groups excluding carboxylic acids is 1. The number of hydrogen-bond donors (Lipinski definition) is 0. The molecule has 0 aromatic carbocycles. The second-order valence-corrected chi connectivity index (χ2v) is 3.23. The summed E-state index contributed by atoms with van der Waals surface area (Å²) in [6.07, 6.45) is 11.0. The van der Waals surface area contributed by atoms with Gasteiger partial charge in [-0.2, -0.15) is 0 Å². The number of hydrogen-bond acceptors (Lipinski definition) is 1. The van der Waals surface area contributed by atoms with Crippen molar-refractivity contribution in [2.45, 2.75) is 52.4 Å². The van der Waals surface area contributed by atoms with Gasteiger partial charge in [0.1, 0.15) is 5.78 Å². The molecule has 0 atom stereocenters. The molecule has 0 radical (unpaired) electrons. The van der Waals surface area contributed by atoms with Crippen molar-refractivity contribution in [2.75, 3.05) is 0 Å². The predicted octanol–water partition coefficient (Wildman–Crippen LogP) is 3.49. The van der Waals surface area contributed by atoms with Crippen molar-refractivity contribution < 1.29 is 4.79 Å². The molecule has 0 saturated heterocycles. The van der Waals surface area contributed by atoms with Crippen LogP contribution in [0.2, 0.25) is 0 Å². The summed E-state index contributed by atoms with van der Waals surface area (Å²) in [5.74, 6) is 0.250. The first-order valence-corrected chi connectivity index (χ1v) is 4.91. The summed E-state index contributed by atoms with van der Waals surface area (Å²) in [5.41, 5.74) is 0. The Bertz CT molecular complexity index is 136. The fourth-order valence-electron chi connectivity index (χ4n) is 1.06. The van der Waals surface area contributed by atoms with Crippen LogP contribution in [0, 0.1) is 0 Å². The van der Waals surface area contributed by atoms with E-state index in [2.05, 4.69) is 13.0 Å². The van der Waals surface area contributed by atoms with E-state index in [1.807, 2.05) is 6.08 Å². The van der Waals surface area contributed by atoms with E-state index in [0.29, 0.717) is 6.42 Å². The lowest BCUT2D eigenvalue weighted by Gasteiger charge is -1.93. The predicted molar refractivity (Wildman–Crippen MR) is 53.2 cm³/mol. The minimum Gasteiger partial charge on any atom is -0.300 e. The van der Waals surface area contributed by atoms with E-state index in [-0.39, 0.29) is 5.78 Å². The highest BCUT2D eigenvalue weighted by Gasteiger charge is 1.86. The summed E-state index contributed by atoms with van der Waals surface area (Å²) in [4.78, 5) is 10.5. The topological polar surface area (TPSA) is 17.1 Å². The molecule has 0 fully saturated rings. The Morgan fingerprint density at radius 3 is 2.50 bits per heavy atom. The van der Waals surface area contributed by atoms with Gasteiger partial charge in [0.05, 0.1) is 0 Å². The largest absolute Gasteiger partial charge is 0.300 e. The number of Topliss-reactive ketones (excluding diaryl/α,β-unsaturated/α-hetero) is 1. The Kier molecular flexibility index (Phi) is 8.09. The van der Waals surface area contributed by atoms with E-state index in [0.717, 1.165) is 6.42 Å². The van der Waals surface area contributed by atoms with Crippen molar-refractivity contribution in [2.24, 2.45) is 0 Å². The smallest absolute Gasteiger partial charge is 0.133 e. The van der Waals surface area contributed by atoms with Crippen molar-refractivity contribution in [3.05, 3.63) is 12.2 Å². The fraction of sp³-hybridized carbons (Fsp3) is 0.727. The molecule has 0 aliphatic carbocycles. The van der Waals surface area contributed by atoms with Crippen LogP contribution in [0.1, 0.15) is 52.4 Å². The first kappa shape index (κ1) is 11.4. The zero-order chi connectivity index (χ0) is 9.23. The van der Waals surface area contributed by atoms with Crippen LogP contribution in [-0.2, 0) is 4.79 Å². The molecule has 0 aromatic rings. The van der Waals surface area contributed by atoms with E-state index in [1.165, 1.54) is 25.7 Å². The summed E-state index contributed by atoms with van der Waals surface area (Å²) in [5, 5.41) is 0. The molecule has 0 saturated carbocycles. The van der Waals surface area contributed by atoms with Crippen molar-refractivity contribution in [3.8, 4) is 0 Å². The molecule has 0 aliphatic rings. The van der Waals surface area contributed by atoms with Gasteiger partial charge in [-0.05, 0) is 19.8 Å². The third kappa shape index (κ3) is 9.41. The van der Waals surface area contributed by atoms with Crippen LogP contribution in [-0.4, -0.2) is 5.78 Å². The maximum Gasteiger partial charge on any atom is 0.133 e. The summed E-state index contributed by atoms with van der Waals surface area (Å²) >= 11 is 0. The van der Waals surface area contributed by atoms with Gasteiger partial charge in [-0.1, -0.05) is 38.3 Å². The lowest BCUT2D eigenvalue weighted by molar-refractivity contribution is -0.116. The van der Waals surface area contributed by atoms with Gasteiger partial charge in [0.15, 0.2) is 0 Å². The molecule has 0 rings (SSSR count). The van der Waals surface area contributed by atoms with Crippen LogP contribution in [0.25, 0.3) is 0 Å². The average molecular weight is 168 g/mol. The van der Waals surface area contributed by atoms with E-state index in [1.54, 1.807) is 6.92 Å². The third-order valence-corrected chi connectivity index (χ3v) is 1.80. The van der Waals surface area contributed by atoms with E-state index >= 15 is 0 Å². The number of rotatable bonds is 7. The molecule has 0 unspecified atom stereocenters. The van der Waals surface area contributed by atoms with E-state index < -0.39 is 0 Å². The second-order valence-electron chi connectivity index (χ2n) is 3.23. The lowest BCUT2D eigenvalue weighted by Crippen LogP contribution is -1.83. The van der Waals surface area contributed by atoms with Gasteiger partial charge in [-0.3, -0.25) is 4.79 Å². The van der Waals surface area contributed by atoms with Crippen molar-refractivity contribution in [1.29, 1.82) is 0 Å². The fourth-order valence-corrected chi connectivity index (χ4v) is 1.06. The quantitative estimate of drug-likeness (QED) is 0.420. The van der Waals surface area contributed by atoms with E-state index in [9.17, 15) is 4.79 Å².